The van der Waals surface area contributed by atoms with Gasteiger partial charge in [0.15, 0.2) is 0 Å². The quantitative estimate of drug-likeness (QED) is 0.874. The number of aromatic nitrogens is 2. The number of hydrogen-bond acceptors (Lipinski definition) is 5. The molecule has 0 radical (unpaired) electrons. The number of nitrogens with zero attached hydrogens (tertiary/aromatic N) is 4. The van der Waals surface area contributed by atoms with Gasteiger partial charge in [-0.3, -0.25) is 4.90 Å². The molecule has 104 valence electrons. The molecule has 0 saturated carbocycles. The van der Waals surface area contributed by atoms with Crippen molar-refractivity contribution in [2.45, 2.75) is 37.9 Å². The monoisotopic (exact) mass is 261 g/mol. The Morgan fingerprint density at radius 2 is 1.95 bits per heavy atom. The van der Waals surface area contributed by atoms with Crippen molar-refractivity contribution in [2.75, 3.05) is 32.1 Å². The van der Waals surface area contributed by atoms with E-state index in [9.17, 15) is 0 Å². The highest BCUT2D eigenvalue weighted by Gasteiger charge is 2.35. The average Bonchev–Trinajstić information content (AvgIpc) is 2.65. The van der Waals surface area contributed by atoms with Crippen LogP contribution in [0.15, 0.2) is 12.4 Å². The number of fused-ring (bicyclic) bond motifs is 2. The normalized spacial score (nSPS) is 27.6. The summed E-state index contributed by atoms with van der Waals surface area (Å²) in [5.74, 6) is 0.890. The second-order valence-corrected chi connectivity index (χ2v) is 5.71. The second kappa shape index (κ2) is 5.43. The van der Waals surface area contributed by atoms with Crippen molar-refractivity contribution < 1.29 is 0 Å². The summed E-state index contributed by atoms with van der Waals surface area (Å²) >= 11 is 0. The summed E-state index contributed by atoms with van der Waals surface area (Å²) < 4.78 is 0. The van der Waals surface area contributed by atoms with Crippen molar-refractivity contribution in [3.05, 3.63) is 18.0 Å². The Kier molecular flexibility index (Phi) is 3.66. The summed E-state index contributed by atoms with van der Waals surface area (Å²) in [4.78, 5) is 14.0. The predicted octanol–water partition coefficient (Wildman–Crippen LogP) is 0.869. The molecule has 0 aromatic carbocycles. The van der Waals surface area contributed by atoms with Crippen LogP contribution in [-0.2, 0) is 6.54 Å². The fourth-order valence-electron chi connectivity index (χ4n) is 3.30. The zero-order valence-electron chi connectivity index (χ0n) is 11.8. The van der Waals surface area contributed by atoms with Crippen LogP contribution in [0.1, 0.15) is 24.8 Å². The first-order valence-electron chi connectivity index (χ1n) is 7.20. The number of rotatable bonds is 3. The minimum atomic E-state index is 0.674. The van der Waals surface area contributed by atoms with Gasteiger partial charge in [0.1, 0.15) is 0 Å². The lowest BCUT2D eigenvalue weighted by atomic mass is 10.1. The topological polar surface area (TPSA) is 44.3 Å². The third-order valence-electron chi connectivity index (χ3n) is 4.50. The molecule has 3 rings (SSSR count). The Balaban J connectivity index is 1.71. The third-order valence-corrected chi connectivity index (χ3v) is 4.50. The average molecular weight is 261 g/mol. The molecule has 19 heavy (non-hydrogen) atoms. The van der Waals surface area contributed by atoms with Crippen LogP contribution in [0.5, 0.6) is 0 Å². The summed E-state index contributed by atoms with van der Waals surface area (Å²) in [7, 11) is 4.21. The van der Waals surface area contributed by atoms with Gasteiger partial charge in [0, 0.05) is 49.7 Å². The maximum atomic E-state index is 4.53. The Hall–Kier alpha value is -1.20. The van der Waals surface area contributed by atoms with Gasteiger partial charge in [0.25, 0.3) is 0 Å². The van der Waals surface area contributed by atoms with Crippen LogP contribution >= 0.6 is 0 Å². The van der Waals surface area contributed by atoms with E-state index in [1.165, 1.54) is 19.3 Å². The molecular weight excluding hydrogens is 238 g/mol. The van der Waals surface area contributed by atoms with Crippen molar-refractivity contribution in [1.82, 2.24) is 20.2 Å². The molecule has 5 heteroatoms. The molecule has 1 aromatic heterocycles. The molecule has 5 nitrogen and oxygen atoms in total. The van der Waals surface area contributed by atoms with Crippen LogP contribution in [-0.4, -0.2) is 54.1 Å². The lowest BCUT2D eigenvalue weighted by Crippen LogP contribution is -2.37. The molecule has 1 N–H and O–H groups in total. The summed E-state index contributed by atoms with van der Waals surface area (Å²) in [6.45, 7) is 2.98. The van der Waals surface area contributed by atoms with E-state index in [0.29, 0.717) is 6.04 Å². The van der Waals surface area contributed by atoms with Crippen molar-refractivity contribution in [1.29, 1.82) is 0 Å². The number of likely N-dealkylation sites (N-methyl/N-ethyl adjacent to an activating group) is 1. The minimum Gasteiger partial charge on any atom is -0.339 e. The highest BCUT2D eigenvalue weighted by molar-refractivity contribution is 5.31. The van der Waals surface area contributed by atoms with E-state index in [1.807, 2.05) is 19.4 Å². The van der Waals surface area contributed by atoms with Gasteiger partial charge in [-0.1, -0.05) is 0 Å². The van der Waals surface area contributed by atoms with Crippen LogP contribution in [0.25, 0.3) is 0 Å². The van der Waals surface area contributed by atoms with E-state index in [-0.39, 0.29) is 0 Å². The van der Waals surface area contributed by atoms with Crippen LogP contribution in [0, 0.1) is 0 Å². The molecule has 2 atom stereocenters. The van der Waals surface area contributed by atoms with Crippen LogP contribution < -0.4 is 10.2 Å². The summed E-state index contributed by atoms with van der Waals surface area (Å²) in [6.07, 6.45) is 7.78. The Morgan fingerprint density at radius 3 is 2.68 bits per heavy atom. The summed E-state index contributed by atoms with van der Waals surface area (Å²) in [6, 6.07) is 1.44. The first kappa shape index (κ1) is 12.8. The van der Waals surface area contributed by atoms with Crippen LogP contribution in [0.3, 0.4) is 0 Å². The molecule has 2 bridgehead atoms. The van der Waals surface area contributed by atoms with E-state index in [1.54, 1.807) is 0 Å². The molecule has 2 saturated heterocycles. The molecule has 3 heterocycles. The van der Waals surface area contributed by atoms with Gasteiger partial charge >= 0.3 is 0 Å². The highest BCUT2D eigenvalue weighted by atomic mass is 15.3. The van der Waals surface area contributed by atoms with Crippen molar-refractivity contribution in [3.63, 3.8) is 0 Å². The first-order chi connectivity index (χ1) is 9.28. The maximum Gasteiger partial charge on any atom is 0.225 e. The van der Waals surface area contributed by atoms with Crippen molar-refractivity contribution in [3.8, 4) is 0 Å². The maximum absolute atomic E-state index is 4.53. The highest BCUT2D eigenvalue weighted by Crippen LogP contribution is 2.29. The number of nitrogens with one attached hydrogen (secondary N) is 1. The van der Waals surface area contributed by atoms with Gasteiger partial charge in [0.2, 0.25) is 5.95 Å². The van der Waals surface area contributed by atoms with E-state index in [4.69, 9.17) is 0 Å². The standard InChI is InChI=1S/C14H23N5/c1-15-7-11-8-16-14(17-9-11)19-6-5-12-3-4-13(10-19)18(12)2/h8-9,12-13,15H,3-7,10H2,1-2H3. The zero-order valence-corrected chi connectivity index (χ0v) is 11.8. The zero-order chi connectivity index (χ0) is 13.2. The van der Waals surface area contributed by atoms with Gasteiger partial charge < -0.3 is 10.2 Å². The van der Waals surface area contributed by atoms with Gasteiger partial charge in [-0.25, -0.2) is 9.97 Å². The van der Waals surface area contributed by atoms with Crippen molar-refractivity contribution in [2.24, 2.45) is 0 Å². The molecular formula is C14H23N5. The molecule has 2 fully saturated rings. The molecule has 0 amide bonds. The largest absolute Gasteiger partial charge is 0.339 e. The van der Waals surface area contributed by atoms with Gasteiger partial charge in [-0.05, 0) is 33.4 Å². The van der Waals surface area contributed by atoms with E-state index >= 15 is 0 Å². The minimum absolute atomic E-state index is 0.674. The smallest absolute Gasteiger partial charge is 0.225 e. The summed E-state index contributed by atoms with van der Waals surface area (Å²) in [5.41, 5.74) is 1.14. The van der Waals surface area contributed by atoms with E-state index < -0.39 is 0 Å². The predicted molar refractivity (Wildman–Crippen MR) is 76.2 cm³/mol. The Morgan fingerprint density at radius 1 is 1.21 bits per heavy atom. The number of anilines is 1. The first-order valence-corrected chi connectivity index (χ1v) is 7.20. The Bertz CT molecular complexity index is 418. The van der Waals surface area contributed by atoms with Gasteiger partial charge in [0.05, 0.1) is 0 Å². The fourth-order valence-corrected chi connectivity index (χ4v) is 3.30. The SMILES string of the molecule is CNCc1cnc(N2CCC3CCC(C2)N3C)nc1. The van der Waals surface area contributed by atoms with Crippen LogP contribution in [0.2, 0.25) is 0 Å². The molecule has 2 aliphatic heterocycles. The van der Waals surface area contributed by atoms with Gasteiger partial charge in [-0.15, -0.1) is 0 Å². The summed E-state index contributed by atoms with van der Waals surface area (Å²) in [5, 5.41) is 3.12. The lowest BCUT2D eigenvalue weighted by Gasteiger charge is -2.25. The fraction of sp³-hybridized carbons (Fsp3) is 0.714. The van der Waals surface area contributed by atoms with Crippen LogP contribution in [0.4, 0.5) is 5.95 Å². The van der Waals surface area contributed by atoms with E-state index in [0.717, 1.165) is 37.2 Å². The van der Waals surface area contributed by atoms with E-state index in [2.05, 4.69) is 32.1 Å². The number of hydrogen-bond donors (Lipinski definition) is 1. The molecule has 0 spiro atoms. The molecule has 2 unspecified atom stereocenters. The lowest BCUT2D eigenvalue weighted by molar-refractivity contribution is 0.254. The molecule has 1 aromatic rings. The molecule has 2 aliphatic rings. The van der Waals surface area contributed by atoms with Crippen molar-refractivity contribution >= 4 is 5.95 Å². The molecule has 0 aliphatic carbocycles. The second-order valence-electron chi connectivity index (χ2n) is 5.71. The van der Waals surface area contributed by atoms with Gasteiger partial charge in [-0.2, -0.15) is 0 Å². The Labute approximate surface area is 115 Å². The third kappa shape index (κ3) is 2.58.